The number of rotatable bonds is 2. The number of nitrogens with zero attached hydrogens (tertiary/aromatic N) is 2. The topological polar surface area (TPSA) is 27.1 Å². The van der Waals surface area contributed by atoms with Gasteiger partial charge in [-0.3, -0.25) is 0 Å². The Bertz CT molecular complexity index is 493. The zero-order chi connectivity index (χ0) is 11.0. The van der Waals surface area contributed by atoms with Crippen LogP contribution in [0.4, 0.5) is 0 Å². The van der Waals surface area contributed by atoms with E-state index >= 15 is 0 Å². The minimum Gasteiger partial charge on any atom is -0.376 e. The summed E-state index contributed by atoms with van der Waals surface area (Å²) in [5.74, 6) is 0. The third kappa shape index (κ3) is 1.79. The number of aromatic nitrogens is 2. The molecule has 0 fully saturated rings. The molecule has 0 spiro atoms. The first-order valence-electron chi connectivity index (χ1n) is 4.77. The van der Waals surface area contributed by atoms with E-state index in [9.17, 15) is 0 Å². The van der Waals surface area contributed by atoms with Crippen molar-refractivity contribution in [3.63, 3.8) is 0 Å². The van der Waals surface area contributed by atoms with Crippen LogP contribution < -0.4 is 0 Å². The van der Waals surface area contributed by atoms with Gasteiger partial charge in [0.15, 0.2) is 0 Å². The van der Waals surface area contributed by atoms with Crippen LogP contribution in [0, 0.1) is 0 Å². The van der Waals surface area contributed by atoms with Gasteiger partial charge in [-0.05, 0) is 35.0 Å². The maximum absolute atomic E-state index is 5.32. The summed E-state index contributed by atoms with van der Waals surface area (Å²) in [6, 6.07) is 4.18. The Balaban J connectivity index is 2.63. The molecule has 0 aliphatic rings. The van der Waals surface area contributed by atoms with Gasteiger partial charge in [0.05, 0.1) is 6.10 Å². The van der Waals surface area contributed by atoms with Gasteiger partial charge < -0.3 is 9.30 Å². The van der Waals surface area contributed by atoms with Crippen LogP contribution in [-0.2, 0) is 11.8 Å². The Hall–Kier alpha value is -0.870. The number of halogens is 1. The highest BCUT2D eigenvalue weighted by atomic mass is 79.9. The molecule has 1 atom stereocenters. The Morgan fingerprint density at radius 1 is 1.47 bits per heavy atom. The van der Waals surface area contributed by atoms with Gasteiger partial charge in [0, 0.05) is 35.9 Å². The Kier molecular flexibility index (Phi) is 2.80. The van der Waals surface area contributed by atoms with Crippen molar-refractivity contribution in [1.82, 2.24) is 9.55 Å². The van der Waals surface area contributed by atoms with E-state index in [0.29, 0.717) is 0 Å². The van der Waals surface area contributed by atoms with Gasteiger partial charge in [-0.25, -0.2) is 4.98 Å². The molecular weight excluding hydrogens is 256 g/mol. The van der Waals surface area contributed by atoms with Gasteiger partial charge in [0.2, 0.25) is 0 Å². The van der Waals surface area contributed by atoms with Crippen LogP contribution >= 0.6 is 15.9 Å². The van der Waals surface area contributed by atoms with Crippen LogP contribution in [0.1, 0.15) is 18.7 Å². The number of hydrogen-bond acceptors (Lipinski definition) is 2. The van der Waals surface area contributed by atoms with E-state index in [0.717, 1.165) is 21.2 Å². The molecule has 0 amide bonds. The third-order valence-corrected chi connectivity index (χ3v) is 3.07. The second kappa shape index (κ2) is 3.94. The predicted molar refractivity (Wildman–Crippen MR) is 63.8 cm³/mol. The van der Waals surface area contributed by atoms with Crippen LogP contribution in [0.3, 0.4) is 0 Å². The van der Waals surface area contributed by atoms with Crippen molar-refractivity contribution in [2.24, 2.45) is 7.05 Å². The first-order chi connectivity index (χ1) is 7.13. The van der Waals surface area contributed by atoms with Crippen molar-refractivity contribution in [3.8, 4) is 0 Å². The SMILES string of the molecule is COC(C)c1cc2cc(Br)cnc2n1C. The first-order valence-corrected chi connectivity index (χ1v) is 5.56. The van der Waals surface area contributed by atoms with Crippen LogP contribution in [0.25, 0.3) is 11.0 Å². The van der Waals surface area contributed by atoms with Crippen LogP contribution in [0.5, 0.6) is 0 Å². The van der Waals surface area contributed by atoms with Crippen molar-refractivity contribution < 1.29 is 4.74 Å². The Labute approximate surface area is 97.2 Å². The fraction of sp³-hybridized carbons (Fsp3) is 0.364. The maximum atomic E-state index is 5.32. The molecule has 3 nitrogen and oxygen atoms in total. The lowest BCUT2D eigenvalue weighted by Crippen LogP contribution is -2.03. The average Bonchev–Trinajstić information content (AvgIpc) is 2.54. The molecule has 0 bridgehead atoms. The molecule has 2 aromatic heterocycles. The molecule has 0 radical (unpaired) electrons. The molecule has 0 aliphatic heterocycles. The highest BCUT2D eigenvalue weighted by molar-refractivity contribution is 9.10. The van der Waals surface area contributed by atoms with Gasteiger partial charge in [0.1, 0.15) is 5.65 Å². The molecule has 0 saturated carbocycles. The largest absolute Gasteiger partial charge is 0.376 e. The van der Waals surface area contributed by atoms with Gasteiger partial charge in [-0.15, -0.1) is 0 Å². The lowest BCUT2D eigenvalue weighted by molar-refractivity contribution is 0.114. The molecule has 0 N–H and O–H groups in total. The second-order valence-electron chi connectivity index (χ2n) is 3.57. The third-order valence-electron chi connectivity index (χ3n) is 2.64. The fourth-order valence-corrected chi connectivity index (χ4v) is 2.07. The number of fused-ring (bicyclic) bond motifs is 1. The van der Waals surface area contributed by atoms with E-state index in [1.807, 2.05) is 20.2 Å². The van der Waals surface area contributed by atoms with Gasteiger partial charge in [-0.2, -0.15) is 0 Å². The molecule has 1 unspecified atom stereocenters. The monoisotopic (exact) mass is 268 g/mol. The Morgan fingerprint density at radius 2 is 2.20 bits per heavy atom. The number of ether oxygens (including phenoxy) is 1. The summed E-state index contributed by atoms with van der Waals surface area (Å²) in [5.41, 5.74) is 2.12. The molecule has 2 aromatic rings. The molecule has 80 valence electrons. The number of aryl methyl sites for hydroxylation is 1. The van der Waals surface area contributed by atoms with Crippen LogP contribution in [0.2, 0.25) is 0 Å². The van der Waals surface area contributed by atoms with Crippen molar-refractivity contribution in [2.45, 2.75) is 13.0 Å². The normalized spacial score (nSPS) is 13.3. The standard InChI is InChI=1S/C11H13BrN2O/c1-7(15-3)10-5-8-4-9(12)6-13-11(8)14(10)2/h4-7H,1-3H3. The fourth-order valence-electron chi connectivity index (χ4n) is 1.72. The van der Waals surface area contributed by atoms with E-state index in [4.69, 9.17) is 4.74 Å². The van der Waals surface area contributed by atoms with Crippen molar-refractivity contribution in [2.75, 3.05) is 7.11 Å². The van der Waals surface area contributed by atoms with Gasteiger partial charge >= 0.3 is 0 Å². The number of methoxy groups -OCH3 is 1. The predicted octanol–water partition coefficient (Wildman–Crippen LogP) is 3.04. The number of hydrogen-bond donors (Lipinski definition) is 0. The maximum Gasteiger partial charge on any atom is 0.139 e. The minimum absolute atomic E-state index is 0.0861. The quantitative estimate of drug-likeness (QED) is 0.837. The van der Waals surface area contributed by atoms with Crippen molar-refractivity contribution in [3.05, 3.63) is 28.5 Å². The smallest absolute Gasteiger partial charge is 0.139 e. The van der Waals surface area contributed by atoms with Gasteiger partial charge in [0.25, 0.3) is 0 Å². The van der Waals surface area contributed by atoms with E-state index in [1.54, 1.807) is 7.11 Å². The molecule has 15 heavy (non-hydrogen) atoms. The zero-order valence-corrected chi connectivity index (χ0v) is 10.6. The Morgan fingerprint density at radius 3 is 2.87 bits per heavy atom. The summed E-state index contributed by atoms with van der Waals surface area (Å²) in [4.78, 5) is 4.38. The van der Waals surface area contributed by atoms with Gasteiger partial charge in [-0.1, -0.05) is 0 Å². The first kappa shape index (κ1) is 10.6. The molecule has 0 aliphatic carbocycles. The molecule has 0 aromatic carbocycles. The van der Waals surface area contributed by atoms with Crippen molar-refractivity contribution >= 4 is 27.0 Å². The highest BCUT2D eigenvalue weighted by Crippen LogP contribution is 2.25. The molecule has 4 heteroatoms. The molecule has 2 heterocycles. The summed E-state index contributed by atoms with van der Waals surface area (Å²) >= 11 is 3.42. The lowest BCUT2D eigenvalue weighted by Gasteiger charge is -2.10. The summed E-state index contributed by atoms with van der Waals surface area (Å²) in [7, 11) is 3.72. The van der Waals surface area contributed by atoms with Crippen LogP contribution in [0.15, 0.2) is 22.8 Å². The zero-order valence-electron chi connectivity index (χ0n) is 8.99. The van der Waals surface area contributed by atoms with E-state index in [2.05, 4.69) is 37.6 Å². The summed E-state index contributed by atoms with van der Waals surface area (Å²) in [6.07, 6.45) is 1.90. The van der Waals surface area contributed by atoms with Crippen molar-refractivity contribution in [1.29, 1.82) is 0 Å². The second-order valence-corrected chi connectivity index (χ2v) is 4.49. The number of pyridine rings is 1. The lowest BCUT2D eigenvalue weighted by atomic mass is 10.2. The van der Waals surface area contributed by atoms with E-state index in [-0.39, 0.29) is 6.10 Å². The average molecular weight is 269 g/mol. The summed E-state index contributed by atoms with van der Waals surface area (Å²) in [5, 5.41) is 1.13. The highest BCUT2D eigenvalue weighted by Gasteiger charge is 2.12. The summed E-state index contributed by atoms with van der Waals surface area (Å²) in [6.45, 7) is 2.03. The molecule has 2 rings (SSSR count). The minimum atomic E-state index is 0.0861. The van der Waals surface area contributed by atoms with E-state index in [1.165, 1.54) is 0 Å². The molecule has 0 saturated heterocycles. The summed E-state index contributed by atoms with van der Waals surface area (Å²) < 4.78 is 8.38. The molecular formula is C11H13BrN2O. The van der Waals surface area contributed by atoms with Crippen LogP contribution in [-0.4, -0.2) is 16.7 Å². The van der Waals surface area contributed by atoms with E-state index < -0.39 is 0 Å².